The minimum absolute atomic E-state index is 0.119. The van der Waals surface area contributed by atoms with Gasteiger partial charge < -0.3 is 11.1 Å². The first-order valence-electron chi connectivity index (χ1n) is 7.70. The van der Waals surface area contributed by atoms with Crippen molar-refractivity contribution in [2.75, 3.05) is 6.54 Å². The topological polar surface area (TPSA) is 55.1 Å². The second kappa shape index (κ2) is 6.89. The van der Waals surface area contributed by atoms with Crippen LogP contribution in [0.3, 0.4) is 0 Å². The predicted molar refractivity (Wildman–Crippen MR) is 82.2 cm³/mol. The number of rotatable bonds is 6. The first-order valence-corrected chi connectivity index (χ1v) is 7.70. The Morgan fingerprint density at radius 1 is 1.30 bits per heavy atom. The largest absolute Gasteiger partial charge is 0.346 e. The van der Waals surface area contributed by atoms with Crippen LogP contribution in [0.25, 0.3) is 0 Å². The zero-order valence-corrected chi connectivity index (χ0v) is 12.4. The van der Waals surface area contributed by atoms with Crippen LogP contribution in [0.5, 0.6) is 0 Å². The number of nitrogens with two attached hydrogens (primary N) is 1. The minimum atomic E-state index is -0.464. The minimum Gasteiger partial charge on any atom is -0.346 e. The van der Waals surface area contributed by atoms with Crippen molar-refractivity contribution in [3.63, 3.8) is 0 Å². The first kappa shape index (κ1) is 15.0. The van der Waals surface area contributed by atoms with Crippen LogP contribution < -0.4 is 11.1 Å². The zero-order chi connectivity index (χ0) is 14.4. The quantitative estimate of drug-likeness (QED) is 0.838. The molecule has 3 heteroatoms. The Balaban J connectivity index is 1.90. The Hall–Kier alpha value is -1.35. The second-order valence-electron chi connectivity index (χ2n) is 6.14. The molecule has 0 saturated heterocycles. The summed E-state index contributed by atoms with van der Waals surface area (Å²) in [5.74, 6) is 0.871. The molecular formula is C17H26N2O. The van der Waals surface area contributed by atoms with E-state index >= 15 is 0 Å². The maximum absolute atomic E-state index is 12.2. The van der Waals surface area contributed by atoms with Gasteiger partial charge in [-0.2, -0.15) is 0 Å². The number of hydrogen-bond acceptors (Lipinski definition) is 2. The van der Waals surface area contributed by atoms with Gasteiger partial charge in [0.1, 0.15) is 0 Å². The summed E-state index contributed by atoms with van der Waals surface area (Å²) in [6.07, 6.45) is 6.88. The van der Waals surface area contributed by atoms with E-state index in [1.54, 1.807) is 0 Å². The molecule has 0 heterocycles. The Morgan fingerprint density at radius 2 is 1.95 bits per heavy atom. The highest BCUT2D eigenvalue weighted by molar-refractivity contribution is 5.77. The Bertz CT molecular complexity index is 426. The zero-order valence-electron chi connectivity index (χ0n) is 12.4. The fourth-order valence-electron chi connectivity index (χ4n) is 3.05. The first-order chi connectivity index (χ1) is 9.64. The molecule has 2 rings (SSSR count). The third-order valence-corrected chi connectivity index (χ3v) is 4.49. The van der Waals surface area contributed by atoms with E-state index in [4.69, 9.17) is 5.73 Å². The van der Waals surface area contributed by atoms with Crippen LogP contribution in [-0.2, 0) is 10.3 Å². The molecular weight excluding hydrogens is 248 g/mol. The highest BCUT2D eigenvalue weighted by atomic mass is 16.1. The average molecular weight is 274 g/mol. The predicted octanol–water partition coefficient (Wildman–Crippen LogP) is 2.95. The molecule has 1 atom stereocenters. The maximum atomic E-state index is 12.2. The summed E-state index contributed by atoms with van der Waals surface area (Å²) < 4.78 is 0. The molecule has 0 aliphatic heterocycles. The van der Waals surface area contributed by atoms with Gasteiger partial charge in [0.15, 0.2) is 0 Å². The van der Waals surface area contributed by atoms with Gasteiger partial charge in [0, 0.05) is 13.0 Å². The van der Waals surface area contributed by atoms with E-state index in [1.807, 2.05) is 37.3 Å². The number of nitrogens with one attached hydrogen (secondary N) is 1. The van der Waals surface area contributed by atoms with Crippen LogP contribution in [0.2, 0.25) is 0 Å². The van der Waals surface area contributed by atoms with Crippen LogP contribution in [-0.4, -0.2) is 12.5 Å². The van der Waals surface area contributed by atoms with Crippen LogP contribution in [0.15, 0.2) is 30.3 Å². The average Bonchev–Trinajstić information content (AvgIpc) is 2.99. The molecule has 1 aliphatic carbocycles. The fraction of sp³-hybridized carbons (Fsp3) is 0.588. The molecule has 1 aliphatic rings. The van der Waals surface area contributed by atoms with E-state index in [1.165, 1.54) is 25.7 Å². The van der Waals surface area contributed by atoms with Crippen molar-refractivity contribution in [2.45, 2.75) is 51.0 Å². The molecule has 1 saturated carbocycles. The lowest BCUT2D eigenvalue weighted by Gasteiger charge is -2.30. The Kier molecular flexibility index (Phi) is 5.18. The van der Waals surface area contributed by atoms with Crippen molar-refractivity contribution in [1.82, 2.24) is 5.32 Å². The summed E-state index contributed by atoms with van der Waals surface area (Å²) in [7, 11) is 0. The highest BCUT2D eigenvalue weighted by Crippen LogP contribution is 2.28. The van der Waals surface area contributed by atoms with Crippen molar-refractivity contribution >= 4 is 5.91 Å². The van der Waals surface area contributed by atoms with Crippen LogP contribution in [0, 0.1) is 5.92 Å². The maximum Gasteiger partial charge on any atom is 0.220 e. The van der Waals surface area contributed by atoms with Crippen LogP contribution >= 0.6 is 0 Å². The van der Waals surface area contributed by atoms with Crippen LogP contribution in [0.4, 0.5) is 0 Å². The number of amides is 1. The molecule has 0 radical (unpaired) electrons. The van der Waals surface area contributed by atoms with E-state index < -0.39 is 5.54 Å². The summed E-state index contributed by atoms with van der Waals surface area (Å²) in [6, 6.07) is 9.97. The SMILES string of the molecule is CC(CN)(NC(=O)CCC1CCCC1)c1ccccc1. The van der Waals surface area contributed by atoms with Gasteiger partial charge in [-0.1, -0.05) is 56.0 Å². The van der Waals surface area contributed by atoms with Gasteiger partial charge in [0.2, 0.25) is 5.91 Å². The summed E-state index contributed by atoms with van der Waals surface area (Å²) >= 11 is 0. The van der Waals surface area contributed by atoms with Crippen molar-refractivity contribution in [2.24, 2.45) is 11.7 Å². The lowest BCUT2D eigenvalue weighted by Crippen LogP contribution is -2.48. The molecule has 1 aromatic rings. The molecule has 1 unspecified atom stereocenters. The van der Waals surface area contributed by atoms with Crippen molar-refractivity contribution in [1.29, 1.82) is 0 Å². The molecule has 1 amide bonds. The molecule has 3 nitrogen and oxygen atoms in total. The summed E-state index contributed by atoms with van der Waals surface area (Å²) in [6.45, 7) is 2.40. The van der Waals surface area contributed by atoms with Gasteiger partial charge in [-0.15, -0.1) is 0 Å². The molecule has 1 aromatic carbocycles. The van der Waals surface area contributed by atoms with E-state index in [-0.39, 0.29) is 5.91 Å². The highest BCUT2D eigenvalue weighted by Gasteiger charge is 2.27. The van der Waals surface area contributed by atoms with Crippen molar-refractivity contribution < 1.29 is 4.79 Å². The van der Waals surface area contributed by atoms with Gasteiger partial charge in [0.25, 0.3) is 0 Å². The number of carbonyl (C=O) groups is 1. The Morgan fingerprint density at radius 3 is 2.55 bits per heavy atom. The normalized spacial score (nSPS) is 18.7. The van der Waals surface area contributed by atoms with Gasteiger partial charge in [0.05, 0.1) is 5.54 Å². The van der Waals surface area contributed by atoms with E-state index in [0.717, 1.165) is 17.9 Å². The third kappa shape index (κ3) is 3.83. The molecule has 0 spiro atoms. The van der Waals surface area contributed by atoms with Crippen molar-refractivity contribution in [3.8, 4) is 0 Å². The lowest BCUT2D eigenvalue weighted by atomic mass is 9.91. The molecule has 110 valence electrons. The van der Waals surface area contributed by atoms with E-state index in [0.29, 0.717) is 13.0 Å². The summed E-state index contributed by atoms with van der Waals surface area (Å²) in [5.41, 5.74) is 6.49. The smallest absolute Gasteiger partial charge is 0.220 e. The molecule has 0 bridgehead atoms. The summed E-state index contributed by atoms with van der Waals surface area (Å²) in [4.78, 5) is 12.2. The van der Waals surface area contributed by atoms with Crippen LogP contribution in [0.1, 0.15) is 51.0 Å². The molecule has 20 heavy (non-hydrogen) atoms. The number of carbonyl (C=O) groups excluding carboxylic acids is 1. The van der Waals surface area contributed by atoms with Gasteiger partial charge in [-0.05, 0) is 24.8 Å². The number of hydrogen-bond donors (Lipinski definition) is 2. The lowest BCUT2D eigenvalue weighted by molar-refractivity contribution is -0.123. The van der Waals surface area contributed by atoms with E-state index in [9.17, 15) is 4.79 Å². The molecule has 1 fully saturated rings. The van der Waals surface area contributed by atoms with Crippen molar-refractivity contribution in [3.05, 3.63) is 35.9 Å². The van der Waals surface area contributed by atoms with Gasteiger partial charge in [-0.25, -0.2) is 0 Å². The van der Waals surface area contributed by atoms with Gasteiger partial charge in [-0.3, -0.25) is 4.79 Å². The fourth-order valence-corrected chi connectivity index (χ4v) is 3.05. The Labute approximate surface area is 121 Å². The molecule has 3 N–H and O–H groups in total. The molecule has 0 aromatic heterocycles. The van der Waals surface area contributed by atoms with E-state index in [2.05, 4.69) is 5.32 Å². The number of benzene rings is 1. The third-order valence-electron chi connectivity index (χ3n) is 4.49. The summed E-state index contributed by atoms with van der Waals surface area (Å²) in [5, 5.41) is 3.12. The monoisotopic (exact) mass is 274 g/mol. The van der Waals surface area contributed by atoms with Gasteiger partial charge >= 0.3 is 0 Å². The second-order valence-corrected chi connectivity index (χ2v) is 6.14. The standard InChI is InChI=1S/C17H26N2O/c1-17(13-18,15-9-3-2-4-10-15)19-16(20)12-11-14-7-5-6-8-14/h2-4,9-10,14H,5-8,11-13,18H2,1H3,(H,19,20).